The lowest BCUT2D eigenvalue weighted by Crippen LogP contribution is -2.38. The second-order valence-electron chi connectivity index (χ2n) is 5.68. The molecule has 2 heterocycles. The van der Waals surface area contributed by atoms with Crippen LogP contribution in [0.2, 0.25) is 5.02 Å². The lowest BCUT2D eigenvalue weighted by molar-refractivity contribution is -0.184. The van der Waals surface area contributed by atoms with E-state index in [0.29, 0.717) is 0 Å². The van der Waals surface area contributed by atoms with Gasteiger partial charge in [0.25, 0.3) is 5.91 Å². The van der Waals surface area contributed by atoms with Crippen molar-refractivity contribution in [2.45, 2.75) is 11.8 Å². The maximum absolute atomic E-state index is 14.4. The van der Waals surface area contributed by atoms with Gasteiger partial charge in [-0.1, -0.05) is 17.7 Å². The van der Waals surface area contributed by atoms with Crippen molar-refractivity contribution in [2.24, 2.45) is 21.6 Å². The van der Waals surface area contributed by atoms with Crippen LogP contribution in [0.1, 0.15) is 11.5 Å². The van der Waals surface area contributed by atoms with E-state index in [4.69, 9.17) is 26.8 Å². The van der Waals surface area contributed by atoms with Crippen molar-refractivity contribution in [3.63, 3.8) is 0 Å². The summed E-state index contributed by atoms with van der Waals surface area (Å²) in [5.74, 6) is -3.29. The summed E-state index contributed by atoms with van der Waals surface area (Å²) in [4.78, 5) is 4.11. The van der Waals surface area contributed by atoms with Gasteiger partial charge in [-0.2, -0.15) is 10.5 Å². The highest BCUT2D eigenvalue weighted by Gasteiger charge is 2.94. The zero-order chi connectivity index (χ0) is 16.5. The number of rotatable bonds is 1. The van der Waals surface area contributed by atoms with Crippen LogP contribution in [-0.2, 0) is 9.47 Å². The number of nitrogens with zero attached hydrogens (tertiary/aromatic N) is 3. The van der Waals surface area contributed by atoms with Crippen LogP contribution in [0, 0.1) is 39.3 Å². The van der Waals surface area contributed by atoms with E-state index < -0.39 is 28.5 Å². The average molecular weight is 333 g/mol. The zero-order valence-corrected chi connectivity index (χ0v) is 12.5. The van der Waals surface area contributed by atoms with Crippen molar-refractivity contribution in [2.75, 3.05) is 13.2 Å². The maximum Gasteiger partial charge on any atom is 0.293 e. The second kappa shape index (κ2) is 4.21. The van der Waals surface area contributed by atoms with Gasteiger partial charge >= 0.3 is 0 Å². The minimum Gasteiger partial charge on any atom is -0.386 e. The molecular formula is C15H10ClFN4O2. The lowest BCUT2D eigenvalue weighted by Gasteiger charge is -2.26. The highest BCUT2D eigenvalue weighted by atomic mass is 35.5. The predicted octanol–water partition coefficient (Wildman–Crippen LogP) is 1.67. The summed E-state index contributed by atoms with van der Waals surface area (Å²) in [6.07, 6.45) is 0. The van der Waals surface area contributed by atoms with Crippen molar-refractivity contribution < 1.29 is 13.9 Å². The molecule has 4 rings (SSSR count). The quantitative estimate of drug-likeness (QED) is 0.842. The van der Waals surface area contributed by atoms with Crippen LogP contribution in [0.5, 0.6) is 0 Å². The molecule has 0 unspecified atom stereocenters. The van der Waals surface area contributed by atoms with Crippen LogP contribution in [-0.4, -0.2) is 25.0 Å². The molecule has 6 nitrogen and oxygen atoms in total. The third-order valence-corrected chi connectivity index (χ3v) is 5.22. The molecule has 1 aromatic carbocycles. The van der Waals surface area contributed by atoms with Crippen molar-refractivity contribution in [1.29, 1.82) is 10.5 Å². The molecular weight excluding hydrogens is 323 g/mol. The third-order valence-electron chi connectivity index (χ3n) is 4.89. The van der Waals surface area contributed by atoms with Gasteiger partial charge in [0, 0.05) is 16.5 Å². The Morgan fingerprint density at radius 3 is 2.57 bits per heavy atom. The Labute approximate surface area is 135 Å². The van der Waals surface area contributed by atoms with Crippen LogP contribution in [0.4, 0.5) is 4.39 Å². The molecule has 3 atom stereocenters. The number of nitrogens with two attached hydrogens (primary N) is 1. The zero-order valence-electron chi connectivity index (χ0n) is 11.7. The topological polar surface area (TPSA) is 104 Å². The SMILES string of the molecule is N#C[C@@]12C(N)=NC3(OCCO3)[C@]1(C#N)[C@@H]2c1c(F)cccc1Cl. The fraction of sp³-hybridized carbons (Fsp3) is 0.400. The Balaban J connectivity index is 2.00. The molecule has 0 amide bonds. The molecule has 0 radical (unpaired) electrons. The maximum atomic E-state index is 14.4. The van der Waals surface area contributed by atoms with Crippen LogP contribution in [0.25, 0.3) is 0 Å². The number of benzene rings is 1. The number of hydrogen-bond acceptors (Lipinski definition) is 6. The van der Waals surface area contributed by atoms with Crippen LogP contribution in [0.3, 0.4) is 0 Å². The van der Waals surface area contributed by atoms with E-state index in [2.05, 4.69) is 11.1 Å². The van der Waals surface area contributed by atoms with Crippen LogP contribution >= 0.6 is 11.6 Å². The van der Waals surface area contributed by atoms with Gasteiger partial charge < -0.3 is 15.2 Å². The van der Waals surface area contributed by atoms with Gasteiger partial charge in [0.2, 0.25) is 0 Å². The number of nitriles is 2. The van der Waals surface area contributed by atoms with Gasteiger partial charge in [-0.05, 0) is 12.1 Å². The number of ether oxygens (including phenoxy) is 2. The molecule has 8 heteroatoms. The first kappa shape index (κ1) is 14.4. The van der Waals surface area contributed by atoms with E-state index in [0.717, 1.165) is 0 Å². The lowest BCUT2D eigenvalue weighted by atomic mass is 9.94. The Bertz CT molecular complexity index is 819. The predicted molar refractivity (Wildman–Crippen MR) is 76.5 cm³/mol. The molecule has 1 aromatic rings. The molecule has 2 aliphatic heterocycles. The van der Waals surface area contributed by atoms with Crippen molar-refractivity contribution in [3.05, 3.63) is 34.6 Å². The smallest absolute Gasteiger partial charge is 0.293 e. The van der Waals surface area contributed by atoms with Gasteiger partial charge in [0.1, 0.15) is 17.1 Å². The summed E-state index contributed by atoms with van der Waals surface area (Å²) in [7, 11) is 0. The van der Waals surface area contributed by atoms with Crippen LogP contribution < -0.4 is 5.73 Å². The standard InChI is InChI=1S/C15H10ClFN4O2/c16-8-2-1-3-9(17)10(8)11-13(6-18)12(20)21-15(14(11,13)7-19)22-4-5-23-15/h1-3,11H,4-5H2,(H2,20,21)/t11-,13-,14-/m1/s1. The Morgan fingerprint density at radius 2 is 2.00 bits per heavy atom. The molecule has 1 saturated carbocycles. The molecule has 0 bridgehead atoms. The number of halogens is 2. The summed E-state index contributed by atoms with van der Waals surface area (Å²) in [6, 6.07) is 8.30. The molecule has 1 aliphatic carbocycles. The Hall–Kier alpha value is -2.19. The summed E-state index contributed by atoms with van der Waals surface area (Å²) < 4.78 is 25.5. The summed E-state index contributed by atoms with van der Waals surface area (Å²) in [6.45, 7) is 0.416. The first-order valence-electron chi connectivity index (χ1n) is 6.91. The highest BCUT2D eigenvalue weighted by molar-refractivity contribution is 6.31. The first-order chi connectivity index (χ1) is 11.0. The summed E-state index contributed by atoms with van der Waals surface area (Å²) in [5.41, 5.74) is 2.95. The van der Waals surface area contributed by atoms with E-state index in [1.165, 1.54) is 18.2 Å². The van der Waals surface area contributed by atoms with Gasteiger partial charge in [-0.25, -0.2) is 9.38 Å². The van der Waals surface area contributed by atoms with E-state index in [1.807, 2.05) is 6.07 Å². The van der Waals surface area contributed by atoms with E-state index in [9.17, 15) is 14.9 Å². The van der Waals surface area contributed by atoms with Gasteiger partial charge in [-0.3, -0.25) is 0 Å². The fourth-order valence-corrected chi connectivity index (χ4v) is 4.21. The second-order valence-corrected chi connectivity index (χ2v) is 6.09. The van der Waals surface area contributed by atoms with Crippen molar-refractivity contribution >= 4 is 17.4 Å². The molecule has 23 heavy (non-hydrogen) atoms. The molecule has 3 aliphatic rings. The average Bonchev–Trinajstić information content (AvgIpc) is 2.77. The molecule has 2 N–H and O–H groups in total. The minimum absolute atomic E-state index is 0.0635. The van der Waals surface area contributed by atoms with Crippen molar-refractivity contribution in [3.8, 4) is 12.1 Å². The summed E-state index contributed by atoms with van der Waals surface area (Å²) >= 11 is 6.14. The molecule has 2 fully saturated rings. The van der Waals surface area contributed by atoms with E-state index in [1.54, 1.807) is 0 Å². The number of amidine groups is 1. The van der Waals surface area contributed by atoms with Gasteiger partial charge in [-0.15, -0.1) is 0 Å². The third kappa shape index (κ3) is 1.29. The largest absolute Gasteiger partial charge is 0.386 e. The number of fused-ring (bicyclic) bond motifs is 2. The van der Waals surface area contributed by atoms with Crippen molar-refractivity contribution in [1.82, 2.24) is 0 Å². The van der Waals surface area contributed by atoms with Crippen LogP contribution in [0.15, 0.2) is 23.2 Å². The van der Waals surface area contributed by atoms with Gasteiger partial charge in [0.05, 0.1) is 25.4 Å². The minimum atomic E-state index is -1.68. The number of aliphatic imine (C=N–C) groups is 1. The highest BCUT2D eigenvalue weighted by Crippen LogP contribution is 2.82. The molecule has 0 aromatic heterocycles. The van der Waals surface area contributed by atoms with E-state index in [-0.39, 0.29) is 29.6 Å². The molecule has 116 valence electrons. The fourth-order valence-electron chi connectivity index (χ4n) is 3.94. The molecule has 1 saturated heterocycles. The normalized spacial score (nSPS) is 36.2. The summed E-state index contributed by atoms with van der Waals surface area (Å²) in [5, 5.41) is 19.7. The first-order valence-corrected chi connectivity index (χ1v) is 7.28. The monoisotopic (exact) mass is 332 g/mol. The molecule has 1 spiro atoms. The van der Waals surface area contributed by atoms with E-state index >= 15 is 0 Å². The number of hydrogen-bond donors (Lipinski definition) is 1. The Morgan fingerprint density at radius 1 is 1.30 bits per heavy atom. The van der Waals surface area contributed by atoms with Gasteiger partial charge in [0.15, 0.2) is 5.41 Å². The Kier molecular flexibility index (Phi) is 2.64.